The Labute approximate surface area is 128 Å². The summed E-state index contributed by atoms with van der Waals surface area (Å²) in [6.45, 7) is 9.16. The van der Waals surface area contributed by atoms with Gasteiger partial charge in [0.05, 0.1) is 4.90 Å². The molecule has 1 heterocycles. The fourth-order valence-corrected chi connectivity index (χ4v) is 4.02. The van der Waals surface area contributed by atoms with Gasteiger partial charge >= 0.3 is 0 Å². The highest BCUT2D eigenvalue weighted by molar-refractivity contribution is 7.89. The first-order valence-electron chi connectivity index (χ1n) is 7.77. The van der Waals surface area contributed by atoms with Gasteiger partial charge in [0, 0.05) is 12.6 Å². The van der Waals surface area contributed by atoms with E-state index >= 15 is 0 Å². The van der Waals surface area contributed by atoms with Gasteiger partial charge in [-0.1, -0.05) is 32.9 Å². The summed E-state index contributed by atoms with van der Waals surface area (Å²) < 4.78 is 27.7. The zero-order valence-corrected chi connectivity index (χ0v) is 14.0. The lowest BCUT2D eigenvalue weighted by Crippen LogP contribution is -2.47. The number of hydrogen-bond donors (Lipinski definition) is 1. The maximum absolute atomic E-state index is 12.4. The highest BCUT2D eigenvalue weighted by atomic mass is 32.2. The number of piperidine rings is 1. The van der Waals surface area contributed by atoms with E-state index in [1.54, 1.807) is 12.1 Å². The highest BCUT2D eigenvalue weighted by Gasteiger charge is 2.24. The van der Waals surface area contributed by atoms with Crippen molar-refractivity contribution in [1.29, 1.82) is 0 Å². The first kappa shape index (κ1) is 16.5. The van der Waals surface area contributed by atoms with Gasteiger partial charge in [-0.3, -0.25) is 0 Å². The molecule has 0 bridgehead atoms. The largest absolute Gasteiger partial charge is 0.302 e. The van der Waals surface area contributed by atoms with Crippen LogP contribution >= 0.6 is 0 Å². The summed E-state index contributed by atoms with van der Waals surface area (Å²) in [5.41, 5.74) is 1.16. The molecule has 1 atom stereocenters. The van der Waals surface area contributed by atoms with Crippen LogP contribution in [0.4, 0.5) is 0 Å². The first-order chi connectivity index (χ1) is 9.92. The molecule has 1 fully saturated rings. The number of rotatable bonds is 5. The molecule has 1 saturated heterocycles. The second-order valence-corrected chi connectivity index (χ2v) is 7.79. The van der Waals surface area contributed by atoms with E-state index in [2.05, 4.69) is 30.4 Å². The van der Waals surface area contributed by atoms with E-state index in [0.717, 1.165) is 38.0 Å². The summed E-state index contributed by atoms with van der Waals surface area (Å²) in [5, 5.41) is 0. The maximum Gasteiger partial charge on any atom is 0.240 e. The molecule has 4 nitrogen and oxygen atoms in total. The quantitative estimate of drug-likeness (QED) is 0.909. The molecule has 0 unspecified atom stereocenters. The summed E-state index contributed by atoms with van der Waals surface area (Å²) >= 11 is 0. The predicted octanol–water partition coefficient (Wildman–Crippen LogP) is 2.57. The van der Waals surface area contributed by atoms with Crippen LogP contribution in [0.1, 0.15) is 45.1 Å². The van der Waals surface area contributed by atoms with Crippen LogP contribution in [0.15, 0.2) is 29.2 Å². The molecule has 1 aliphatic heterocycles. The monoisotopic (exact) mass is 310 g/mol. The fourth-order valence-electron chi connectivity index (χ4n) is 2.76. The van der Waals surface area contributed by atoms with Crippen LogP contribution in [-0.4, -0.2) is 39.0 Å². The van der Waals surface area contributed by atoms with Crippen molar-refractivity contribution in [3.8, 4) is 0 Å². The summed E-state index contributed by atoms with van der Waals surface area (Å²) in [5.74, 6) is 0.408. The standard InChI is InChI=1S/C16H26N2O2S/c1-4-18-11-5-6-15(12-18)17-21(19,20)16-9-7-14(8-10-16)13(2)3/h7-10,13,15,17H,4-6,11-12H2,1-3H3/t15-/m1/s1. The van der Waals surface area contributed by atoms with Crippen LogP contribution in [0.2, 0.25) is 0 Å². The third-order valence-corrected chi connectivity index (χ3v) is 5.67. The van der Waals surface area contributed by atoms with E-state index in [1.807, 2.05) is 12.1 Å². The van der Waals surface area contributed by atoms with Gasteiger partial charge in [0.1, 0.15) is 0 Å². The second kappa shape index (κ2) is 6.90. The van der Waals surface area contributed by atoms with Crippen molar-refractivity contribution in [3.63, 3.8) is 0 Å². The van der Waals surface area contributed by atoms with Crippen molar-refractivity contribution in [2.75, 3.05) is 19.6 Å². The Morgan fingerprint density at radius 1 is 1.29 bits per heavy atom. The molecule has 21 heavy (non-hydrogen) atoms. The molecular weight excluding hydrogens is 284 g/mol. The minimum atomic E-state index is -3.41. The molecule has 0 amide bonds. The smallest absolute Gasteiger partial charge is 0.240 e. The van der Waals surface area contributed by atoms with Gasteiger partial charge in [-0.15, -0.1) is 0 Å². The van der Waals surface area contributed by atoms with Crippen LogP contribution in [0.3, 0.4) is 0 Å². The van der Waals surface area contributed by atoms with Gasteiger partial charge in [0.15, 0.2) is 0 Å². The minimum Gasteiger partial charge on any atom is -0.302 e. The molecule has 118 valence electrons. The molecule has 1 N–H and O–H groups in total. The normalized spacial score (nSPS) is 20.9. The van der Waals surface area contributed by atoms with Gasteiger partial charge < -0.3 is 4.90 Å². The molecule has 1 aromatic rings. The number of benzene rings is 1. The van der Waals surface area contributed by atoms with E-state index in [9.17, 15) is 8.42 Å². The number of nitrogens with zero attached hydrogens (tertiary/aromatic N) is 1. The zero-order valence-electron chi connectivity index (χ0n) is 13.2. The molecule has 1 aromatic carbocycles. The lowest BCUT2D eigenvalue weighted by Gasteiger charge is -2.32. The van der Waals surface area contributed by atoms with Crippen LogP contribution in [0, 0.1) is 0 Å². The fraction of sp³-hybridized carbons (Fsp3) is 0.625. The molecule has 0 saturated carbocycles. The van der Waals surface area contributed by atoms with Crippen molar-refractivity contribution in [2.24, 2.45) is 0 Å². The van der Waals surface area contributed by atoms with Crippen LogP contribution in [0.25, 0.3) is 0 Å². The Morgan fingerprint density at radius 3 is 2.52 bits per heavy atom. The number of likely N-dealkylation sites (N-methyl/N-ethyl adjacent to an activating group) is 1. The lowest BCUT2D eigenvalue weighted by molar-refractivity contribution is 0.211. The van der Waals surface area contributed by atoms with Crippen LogP contribution < -0.4 is 4.72 Å². The topological polar surface area (TPSA) is 49.4 Å². The molecule has 5 heteroatoms. The van der Waals surface area contributed by atoms with Gasteiger partial charge in [0.2, 0.25) is 10.0 Å². The first-order valence-corrected chi connectivity index (χ1v) is 9.25. The summed E-state index contributed by atoms with van der Waals surface area (Å²) in [6, 6.07) is 7.24. The molecule has 0 spiro atoms. The minimum absolute atomic E-state index is 0.0217. The van der Waals surface area contributed by atoms with Crippen molar-refractivity contribution in [1.82, 2.24) is 9.62 Å². The van der Waals surface area contributed by atoms with Crippen molar-refractivity contribution >= 4 is 10.0 Å². The molecular formula is C16H26N2O2S. The van der Waals surface area contributed by atoms with Crippen molar-refractivity contribution in [2.45, 2.75) is 50.5 Å². The molecule has 0 aromatic heterocycles. The Hall–Kier alpha value is -0.910. The lowest BCUT2D eigenvalue weighted by atomic mass is 10.0. The molecule has 0 aliphatic carbocycles. The second-order valence-electron chi connectivity index (χ2n) is 6.08. The van der Waals surface area contributed by atoms with E-state index < -0.39 is 10.0 Å². The van der Waals surface area contributed by atoms with E-state index in [1.165, 1.54) is 0 Å². The number of hydrogen-bond acceptors (Lipinski definition) is 3. The van der Waals surface area contributed by atoms with Gasteiger partial charge in [-0.2, -0.15) is 0 Å². The summed E-state index contributed by atoms with van der Waals surface area (Å²) in [7, 11) is -3.41. The predicted molar refractivity (Wildman–Crippen MR) is 86.0 cm³/mol. The third kappa shape index (κ3) is 4.28. The SMILES string of the molecule is CCN1CCC[C@@H](NS(=O)(=O)c2ccc(C(C)C)cc2)C1. The average Bonchev–Trinajstić information content (AvgIpc) is 2.47. The Kier molecular flexibility index (Phi) is 5.41. The van der Waals surface area contributed by atoms with E-state index in [-0.39, 0.29) is 6.04 Å². The van der Waals surface area contributed by atoms with E-state index in [4.69, 9.17) is 0 Å². The highest BCUT2D eigenvalue weighted by Crippen LogP contribution is 2.18. The zero-order chi connectivity index (χ0) is 15.5. The van der Waals surface area contributed by atoms with Gasteiger partial charge in [-0.05, 0) is 49.5 Å². The maximum atomic E-state index is 12.4. The summed E-state index contributed by atoms with van der Waals surface area (Å²) in [4.78, 5) is 2.65. The summed E-state index contributed by atoms with van der Waals surface area (Å²) in [6.07, 6.45) is 1.97. The molecule has 1 aliphatic rings. The number of likely N-dealkylation sites (tertiary alicyclic amines) is 1. The molecule has 0 radical (unpaired) electrons. The van der Waals surface area contributed by atoms with Gasteiger partial charge in [0.25, 0.3) is 0 Å². The average molecular weight is 310 g/mol. The Morgan fingerprint density at radius 2 is 1.95 bits per heavy atom. The van der Waals surface area contributed by atoms with Crippen molar-refractivity contribution in [3.05, 3.63) is 29.8 Å². The Balaban J connectivity index is 2.07. The van der Waals surface area contributed by atoms with Crippen LogP contribution in [0.5, 0.6) is 0 Å². The number of sulfonamides is 1. The van der Waals surface area contributed by atoms with E-state index in [0.29, 0.717) is 10.8 Å². The number of nitrogens with one attached hydrogen (secondary N) is 1. The van der Waals surface area contributed by atoms with Crippen molar-refractivity contribution < 1.29 is 8.42 Å². The Bertz CT molecular complexity index is 552. The van der Waals surface area contributed by atoms with Gasteiger partial charge in [-0.25, -0.2) is 13.1 Å². The molecule has 2 rings (SSSR count). The third-order valence-electron chi connectivity index (χ3n) is 4.13. The van der Waals surface area contributed by atoms with Crippen LogP contribution in [-0.2, 0) is 10.0 Å².